The first kappa shape index (κ1) is 48.3. The van der Waals surface area contributed by atoms with E-state index in [4.69, 9.17) is 0 Å². The molecule has 271 valence electrons. The van der Waals surface area contributed by atoms with E-state index in [-0.39, 0.29) is 52.4 Å². The van der Waals surface area contributed by atoms with E-state index in [2.05, 4.69) is 131 Å². The van der Waals surface area contributed by atoms with E-state index in [9.17, 15) is 17.3 Å². The second-order valence-corrected chi connectivity index (χ2v) is 19.4. The summed E-state index contributed by atoms with van der Waals surface area (Å²) in [6.45, 7) is 19.3. The summed E-state index contributed by atoms with van der Waals surface area (Å²) >= 11 is 0. The minimum atomic E-state index is -6.00. The molecule has 5 aliphatic rings. The Kier molecular flexibility index (Phi) is 26.0. The van der Waals surface area contributed by atoms with Crippen molar-refractivity contribution in [2.45, 2.75) is 129 Å². The summed E-state index contributed by atoms with van der Waals surface area (Å²) in [7, 11) is -5.82. The SMILES string of the molecule is C1=C\CC/C=C\CC/1.CC(C)[C@@H]1CC[C@@H](C(C)C)P1[C]1[CH][CH][CH][CH]1.CC(C)[C@@H]1CC[C@@H](C(C)C)P1[C]1[CH][CH][CH][CH]1.F[B-](F)(F)F.[Fe].[Rh]. The number of allylic oxidation sites excluding steroid dienone is 4. The Morgan fingerprint density at radius 3 is 0.851 bits per heavy atom. The maximum Gasteiger partial charge on any atom is 0.673 e. The van der Waals surface area contributed by atoms with Crippen molar-refractivity contribution in [1.82, 2.24) is 0 Å². The van der Waals surface area contributed by atoms with Gasteiger partial charge in [0, 0.05) is 47.9 Å². The molecule has 2 saturated heterocycles. The fraction of sp³-hybridized carbons (Fsp3) is 0.632. The molecule has 2 heterocycles. The molecule has 3 aliphatic carbocycles. The molecule has 0 unspecified atom stereocenters. The Morgan fingerprint density at radius 2 is 0.681 bits per heavy atom. The van der Waals surface area contributed by atoms with Gasteiger partial charge in [0.25, 0.3) is 0 Å². The molecule has 0 amide bonds. The van der Waals surface area contributed by atoms with Crippen molar-refractivity contribution >= 4 is 23.1 Å². The van der Waals surface area contributed by atoms with Gasteiger partial charge in [-0.3, -0.25) is 0 Å². The average molecular weight is 824 g/mol. The van der Waals surface area contributed by atoms with Crippen molar-refractivity contribution in [3.8, 4) is 0 Å². The van der Waals surface area contributed by atoms with Gasteiger partial charge in [0.2, 0.25) is 0 Å². The average Bonchev–Trinajstić information content (AvgIpc) is 3.73. The predicted octanol–water partition coefficient (Wildman–Crippen LogP) is 13.3. The van der Waals surface area contributed by atoms with Gasteiger partial charge in [0.15, 0.2) is 0 Å². The van der Waals surface area contributed by atoms with E-state index in [1.807, 2.05) is 0 Å². The van der Waals surface area contributed by atoms with E-state index < -0.39 is 7.25 Å². The summed E-state index contributed by atoms with van der Waals surface area (Å²) in [5.74, 6) is 3.41. The van der Waals surface area contributed by atoms with Crippen LogP contribution >= 0.6 is 15.8 Å². The van der Waals surface area contributed by atoms with Crippen molar-refractivity contribution in [3.63, 3.8) is 0 Å². The van der Waals surface area contributed by atoms with Crippen LogP contribution < -0.4 is 0 Å². The largest absolute Gasteiger partial charge is 0.673 e. The zero-order chi connectivity index (χ0) is 33.6. The maximum atomic E-state index is 9.75. The van der Waals surface area contributed by atoms with Crippen LogP contribution in [0.1, 0.15) is 107 Å². The molecule has 47 heavy (non-hydrogen) atoms. The van der Waals surface area contributed by atoms with E-state index in [0.717, 1.165) is 46.3 Å². The third-order valence-corrected chi connectivity index (χ3v) is 17.3. The van der Waals surface area contributed by atoms with Crippen molar-refractivity contribution < 1.29 is 53.8 Å². The summed E-state index contributed by atoms with van der Waals surface area (Å²) in [5, 5.41) is 0. The molecule has 0 spiro atoms. The molecule has 5 rings (SSSR count). The van der Waals surface area contributed by atoms with Crippen LogP contribution in [0.2, 0.25) is 0 Å². The molecular formula is C38H60BF4FeP2Rh-. The molecule has 4 atom stereocenters. The van der Waals surface area contributed by atoms with Gasteiger partial charge in [-0.15, -0.1) is 0 Å². The number of hydrogen-bond acceptors (Lipinski definition) is 0. The van der Waals surface area contributed by atoms with Crippen molar-refractivity contribution in [1.29, 1.82) is 0 Å². The predicted molar refractivity (Wildman–Crippen MR) is 195 cm³/mol. The summed E-state index contributed by atoms with van der Waals surface area (Å²) in [6.07, 6.45) is 38.1. The Hall–Kier alpha value is 1.27. The third kappa shape index (κ3) is 18.0. The van der Waals surface area contributed by atoms with Crippen LogP contribution in [-0.2, 0) is 36.5 Å². The normalized spacial score (nSPS) is 28.8. The van der Waals surface area contributed by atoms with Crippen molar-refractivity contribution in [2.75, 3.05) is 0 Å². The van der Waals surface area contributed by atoms with Crippen LogP contribution in [0.25, 0.3) is 0 Å². The molecule has 9 heteroatoms. The van der Waals surface area contributed by atoms with Crippen LogP contribution in [0.4, 0.5) is 17.3 Å². The minimum Gasteiger partial charge on any atom is -0.418 e. The molecule has 11 radical (unpaired) electrons. The van der Waals surface area contributed by atoms with Gasteiger partial charge in [-0.25, -0.2) is 0 Å². The monoisotopic (exact) mass is 824 g/mol. The van der Waals surface area contributed by atoms with Gasteiger partial charge >= 0.3 is 7.25 Å². The van der Waals surface area contributed by atoms with Crippen molar-refractivity contribution in [3.05, 3.63) is 87.0 Å². The zero-order valence-electron chi connectivity index (χ0n) is 29.9. The standard InChI is InChI=1S/2C15H24P.C8H12.BF4.Fe.Rh/c2*1-11(2)14-9-10-15(12(3)4)16(14)13-7-5-6-8-13;1-2-4-6-8-7-5-3-1;2-1(3,4)5;;/h2*5-8,11-12,14-15H,9-10H2,1-4H3;1-2,7-8H,3-6H2;;;/q;;;-1;;/b;;2-1-,8-7-;;;/t2*14-,15-;;;;/m00..../s1. The molecule has 0 aromatic heterocycles. The summed E-state index contributed by atoms with van der Waals surface area (Å²) < 4.78 is 39.0. The first-order valence-corrected chi connectivity index (χ1v) is 20.4. The molecule has 2 saturated carbocycles. The van der Waals surface area contributed by atoms with Gasteiger partial charge in [-0.1, -0.05) is 95.5 Å². The Morgan fingerprint density at radius 1 is 0.489 bits per heavy atom. The maximum absolute atomic E-state index is 9.75. The molecule has 2 aliphatic heterocycles. The first-order valence-electron chi connectivity index (χ1n) is 17.4. The Labute approximate surface area is 315 Å². The molecule has 0 aromatic rings. The first-order chi connectivity index (χ1) is 21.2. The van der Waals surface area contributed by atoms with E-state index in [1.165, 1.54) is 51.4 Å². The molecule has 0 aromatic carbocycles. The quantitative estimate of drug-likeness (QED) is 0.108. The number of halogens is 4. The topological polar surface area (TPSA) is 0 Å². The van der Waals surface area contributed by atoms with E-state index >= 15 is 0 Å². The smallest absolute Gasteiger partial charge is 0.418 e. The molecule has 0 bridgehead atoms. The fourth-order valence-corrected chi connectivity index (χ4v) is 14.9. The van der Waals surface area contributed by atoms with Crippen LogP contribution in [0.15, 0.2) is 24.3 Å². The Bertz CT molecular complexity index is 730. The van der Waals surface area contributed by atoms with E-state index in [0.29, 0.717) is 0 Å². The molecule has 0 nitrogen and oxygen atoms in total. The van der Waals surface area contributed by atoms with Gasteiger partial charge in [0.05, 0.1) is 0 Å². The van der Waals surface area contributed by atoms with Crippen LogP contribution in [0.5, 0.6) is 0 Å². The van der Waals surface area contributed by atoms with Crippen LogP contribution in [0, 0.1) is 86.4 Å². The van der Waals surface area contributed by atoms with E-state index in [1.54, 1.807) is 11.3 Å². The summed E-state index contributed by atoms with van der Waals surface area (Å²) in [6, 6.07) is 0. The van der Waals surface area contributed by atoms with Crippen LogP contribution in [0.3, 0.4) is 0 Å². The van der Waals surface area contributed by atoms with Gasteiger partial charge in [0.1, 0.15) is 0 Å². The molecule has 4 fully saturated rings. The number of hydrogen-bond donors (Lipinski definition) is 0. The molecule has 0 N–H and O–H groups in total. The van der Waals surface area contributed by atoms with Crippen LogP contribution in [-0.4, -0.2) is 29.9 Å². The van der Waals surface area contributed by atoms with Gasteiger partial charge in [-0.05, 0) is 149 Å². The van der Waals surface area contributed by atoms with Gasteiger partial charge in [-0.2, -0.15) is 0 Å². The van der Waals surface area contributed by atoms with Gasteiger partial charge < -0.3 is 17.3 Å². The van der Waals surface area contributed by atoms with Crippen molar-refractivity contribution in [2.24, 2.45) is 23.7 Å². The molecular weight excluding hydrogens is 764 g/mol. The summed E-state index contributed by atoms with van der Waals surface area (Å²) in [5.41, 5.74) is 7.17. The zero-order valence-corrected chi connectivity index (χ0v) is 34.4. The number of rotatable bonds is 6. The second-order valence-electron chi connectivity index (χ2n) is 14.1. The summed E-state index contributed by atoms with van der Waals surface area (Å²) in [4.78, 5) is 0. The fourth-order valence-electron chi connectivity index (χ4n) is 7.04. The minimum absolute atomic E-state index is 0. The second kappa shape index (κ2) is 25.3. The Balaban J connectivity index is 0.000000643. The third-order valence-electron chi connectivity index (χ3n) is 9.24.